The molecule has 0 radical (unpaired) electrons. The topological polar surface area (TPSA) is 12.0 Å². The molecule has 2 aromatic rings. The maximum Gasteiger partial charge on any atom is 0.123 e. The van der Waals surface area contributed by atoms with Crippen molar-refractivity contribution in [3.05, 3.63) is 57.0 Å². The van der Waals surface area contributed by atoms with Crippen LogP contribution in [0.1, 0.15) is 23.4 Å². The summed E-state index contributed by atoms with van der Waals surface area (Å²) >= 11 is 7.47. The summed E-state index contributed by atoms with van der Waals surface area (Å²) in [4.78, 5) is 1.26. The Bertz CT molecular complexity index is 512. The summed E-state index contributed by atoms with van der Waals surface area (Å²) in [5, 5.41) is 3.38. The van der Waals surface area contributed by atoms with E-state index >= 15 is 0 Å². The molecular formula is C14H15ClFNS. The van der Waals surface area contributed by atoms with Crippen LogP contribution >= 0.6 is 22.9 Å². The van der Waals surface area contributed by atoms with Crippen molar-refractivity contribution in [1.82, 2.24) is 5.32 Å². The van der Waals surface area contributed by atoms with Crippen molar-refractivity contribution in [2.45, 2.75) is 19.4 Å². The van der Waals surface area contributed by atoms with Crippen LogP contribution in [0.2, 0.25) is 4.34 Å². The molecule has 1 aromatic carbocycles. The lowest BCUT2D eigenvalue weighted by molar-refractivity contribution is 0.568. The van der Waals surface area contributed by atoms with Crippen molar-refractivity contribution in [3.8, 4) is 0 Å². The molecule has 96 valence electrons. The van der Waals surface area contributed by atoms with E-state index in [9.17, 15) is 4.39 Å². The maximum atomic E-state index is 13.1. The Morgan fingerprint density at radius 2 is 2.17 bits per heavy atom. The Balaban J connectivity index is 1.83. The van der Waals surface area contributed by atoms with Crippen LogP contribution in [-0.2, 0) is 6.42 Å². The van der Waals surface area contributed by atoms with E-state index in [-0.39, 0.29) is 11.9 Å². The van der Waals surface area contributed by atoms with Gasteiger partial charge in [0.2, 0.25) is 0 Å². The van der Waals surface area contributed by atoms with Crippen molar-refractivity contribution in [2.75, 3.05) is 6.54 Å². The van der Waals surface area contributed by atoms with Crippen molar-refractivity contribution in [1.29, 1.82) is 0 Å². The van der Waals surface area contributed by atoms with Crippen LogP contribution < -0.4 is 5.32 Å². The Kier molecular flexibility index (Phi) is 4.75. The molecule has 0 spiro atoms. The Labute approximate surface area is 116 Å². The highest BCUT2D eigenvalue weighted by atomic mass is 35.5. The second-order valence-corrected chi connectivity index (χ2v) is 5.99. The summed E-state index contributed by atoms with van der Waals surface area (Å²) in [6, 6.07) is 10.8. The lowest BCUT2D eigenvalue weighted by Gasteiger charge is -2.13. The van der Waals surface area contributed by atoms with Gasteiger partial charge in [-0.1, -0.05) is 23.7 Å². The van der Waals surface area contributed by atoms with Crippen molar-refractivity contribution in [2.24, 2.45) is 0 Å². The molecule has 2 rings (SSSR count). The fourth-order valence-electron chi connectivity index (χ4n) is 1.79. The van der Waals surface area contributed by atoms with E-state index in [4.69, 9.17) is 11.6 Å². The van der Waals surface area contributed by atoms with Crippen LogP contribution in [-0.4, -0.2) is 6.54 Å². The predicted octanol–water partition coefficient (Wildman–Crippen LogP) is 4.43. The molecule has 1 heterocycles. The average Bonchev–Trinajstić information content (AvgIpc) is 2.75. The molecule has 1 aromatic heterocycles. The van der Waals surface area contributed by atoms with Gasteiger partial charge in [-0.2, -0.15) is 0 Å². The van der Waals surface area contributed by atoms with Gasteiger partial charge in [-0.25, -0.2) is 4.39 Å². The quantitative estimate of drug-likeness (QED) is 0.856. The van der Waals surface area contributed by atoms with E-state index in [1.165, 1.54) is 10.9 Å². The first-order valence-electron chi connectivity index (χ1n) is 5.88. The number of hydrogen-bond acceptors (Lipinski definition) is 2. The number of nitrogens with one attached hydrogen (secondary N) is 1. The van der Waals surface area contributed by atoms with Gasteiger partial charge < -0.3 is 5.32 Å². The van der Waals surface area contributed by atoms with E-state index < -0.39 is 0 Å². The SMILES string of the molecule is CC(NCCc1ccc(Cl)s1)c1cccc(F)c1. The summed E-state index contributed by atoms with van der Waals surface area (Å²) in [6.07, 6.45) is 0.942. The molecule has 0 aliphatic heterocycles. The minimum absolute atomic E-state index is 0.149. The first kappa shape index (κ1) is 13.5. The smallest absolute Gasteiger partial charge is 0.123 e. The number of hydrogen-bond donors (Lipinski definition) is 1. The highest BCUT2D eigenvalue weighted by Crippen LogP contribution is 2.21. The van der Waals surface area contributed by atoms with Gasteiger partial charge in [0.15, 0.2) is 0 Å². The van der Waals surface area contributed by atoms with Gasteiger partial charge in [-0.3, -0.25) is 0 Å². The van der Waals surface area contributed by atoms with E-state index in [1.807, 2.05) is 25.1 Å². The second-order valence-electron chi connectivity index (χ2n) is 4.19. The third kappa shape index (κ3) is 3.80. The van der Waals surface area contributed by atoms with Gasteiger partial charge in [-0.15, -0.1) is 11.3 Å². The summed E-state index contributed by atoms with van der Waals surface area (Å²) < 4.78 is 13.9. The van der Waals surface area contributed by atoms with Crippen LogP contribution in [0.15, 0.2) is 36.4 Å². The van der Waals surface area contributed by atoms with Gasteiger partial charge in [0.05, 0.1) is 4.34 Å². The van der Waals surface area contributed by atoms with Gasteiger partial charge >= 0.3 is 0 Å². The molecule has 0 saturated heterocycles. The third-order valence-electron chi connectivity index (χ3n) is 2.80. The fourth-order valence-corrected chi connectivity index (χ4v) is 2.88. The van der Waals surface area contributed by atoms with Crippen LogP contribution in [0.5, 0.6) is 0 Å². The van der Waals surface area contributed by atoms with Crippen molar-refractivity contribution >= 4 is 22.9 Å². The predicted molar refractivity (Wildman–Crippen MR) is 75.9 cm³/mol. The second kappa shape index (κ2) is 6.32. The number of benzene rings is 1. The zero-order valence-corrected chi connectivity index (χ0v) is 11.7. The molecule has 0 aliphatic carbocycles. The minimum atomic E-state index is -0.189. The molecule has 1 unspecified atom stereocenters. The molecule has 0 bridgehead atoms. The number of thiophene rings is 1. The fraction of sp³-hybridized carbons (Fsp3) is 0.286. The normalized spacial score (nSPS) is 12.6. The lowest BCUT2D eigenvalue weighted by atomic mass is 10.1. The highest BCUT2D eigenvalue weighted by molar-refractivity contribution is 7.16. The van der Waals surface area contributed by atoms with Gasteiger partial charge in [0, 0.05) is 17.5 Å². The van der Waals surface area contributed by atoms with Crippen LogP contribution in [0.4, 0.5) is 4.39 Å². The monoisotopic (exact) mass is 283 g/mol. The van der Waals surface area contributed by atoms with Crippen molar-refractivity contribution < 1.29 is 4.39 Å². The molecule has 1 nitrogen and oxygen atoms in total. The molecule has 4 heteroatoms. The number of halogens is 2. The Morgan fingerprint density at radius 1 is 1.33 bits per heavy atom. The Hall–Kier alpha value is -0.900. The average molecular weight is 284 g/mol. The maximum absolute atomic E-state index is 13.1. The van der Waals surface area contributed by atoms with Crippen molar-refractivity contribution in [3.63, 3.8) is 0 Å². The van der Waals surface area contributed by atoms with Crippen LogP contribution in [0.3, 0.4) is 0 Å². The van der Waals surface area contributed by atoms with Gasteiger partial charge in [-0.05, 0) is 43.2 Å². The summed E-state index contributed by atoms with van der Waals surface area (Å²) in [7, 11) is 0. The van der Waals surface area contributed by atoms with E-state index in [1.54, 1.807) is 23.5 Å². The highest BCUT2D eigenvalue weighted by Gasteiger charge is 2.05. The molecule has 0 aliphatic rings. The molecule has 1 atom stereocenters. The minimum Gasteiger partial charge on any atom is -0.310 e. The van der Waals surface area contributed by atoms with Gasteiger partial charge in [0.25, 0.3) is 0 Å². The Morgan fingerprint density at radius 3 is 2.83 bits per heavy atom. The summed E-state index contributed by atoms with van der Waals surface area (Å²) in [5.74, 6) is -0.189. The zero-order valence-electron chi connectivity index (χ0n) is 10.1. The summed E-state index contributed by atoms with van der Waals surface area (Å²) in [5.41, 5.74) is 0.971. The first-order chi connectivity index (χ1) is 8.65. The van der Waals surface area contributed by atoms with E-state index in [0.717, 1.165) is 22.9 Å². The molecule has 1 N–H and O–H groups in total. The third-order valence-corrected chi connectivity index (χ3v) is 4.09. The summed E-state index contributed by atoms with van der Waals surface area (Å²) in [6.45, 7) is 2.89. The van der Waals surface area contributed by atoms with Crippen LogP contribution in [0.25, 0.3) is 0 Å². The number of rotatable bonds is 5. The van der Waals surface area contributed by atoms with Crippen LogP contribution in [0, 0.1) is 5.82 Å². The zero-order chi connectivity index (χ0) is 13.0. The van der Waals surface area contributed by atoms with E-state index in [2.05, 4.69) is 5.32 Å². The lowest BCUT2D eigenvalue weighted by Crippen LogP contribution is -2.21. The molecular weight excluding hydrogens is 269 g/mol. The standard InChI is InChI=1S/C14H15ClFNS/c1-10(11-3-2-4-12(16)9-11)17-8-7-13-5-6-14(15)18-13/h2-6,9-10,17H,7-8H2,1H3. The molecule has 0 fully saturated rings. The molecule has 0 amide bonds. The van der Waals surface area contributed by atoms with Gasteiger partial charge in [0.1, 0.15) is 5.82 Å². The van der Waals surface area contributed by atoms with E-state index in [0.29, 0.717) is 0 Å². The molecule has 18 heavy (non-hydrogen) atoms. The molecule has 0 saturated carbocycles. The first-order valence-corrected chi connectivity index (χ1v) is 7.07. The largest absolute Gasteiger partial charge is 0.310 e.